The van der Waals surface area contributed by atoms with Gasteiger partial charge in [-0.05, 0) is 31.6 Å². The van der Waals surface area contributed by atoms with Crippen molar-refractivity contribution in [3.8, 4) is 0 Å². The minimum absolute atomic E-state index is 0.151. The van der Waals surface area contributed by atoms with Crippen LogP contribution < -0.4 is 5.32 Å². The van der Waals surface area contributed by atoms with Gasteiger partial charge in [-0.1, -0.05) is 32.6 Å². The molecule has 2 nitrogen and oxygen atoms in total. The highest BCUT2D eigenvalue weighted by Gasteiger charge is 2.31. The maximum atomic E-state index is 12.4. The zero-order valence-corrected chi connectivity index (χ0v) is 12.8. The summed E-state index contributed by atoms with van der Waals surface area (Å²) in [5, 5.41) is 3.09. The van der Waals surface area contributed by atoms with Gasteiger partial charge in [0.1, 0.15) is 0 Å². The fourth-order valence-corrected chi connectivity index (χ4v) is 4.01. The smallest absolute Gasteiger partial charge is 0.250 e. The second kappa shape index (κ2) is 8.28. The molecule has 0 bridgehead atoms. The van der Waals surface area contributed by atoms with E-state index in [-0.39, 0.29) is 12.6 Å². The average molecular weight is 288 g/mol. The molecule has 0 aromatic heterocycles. The Morgan fingerprint density at radius 3 is 2.55 bits per heavy atom. The fourth-order valence-electron chi connectivity index (χ4n) is 4.01. The Kier molecular flexibility index (Phi) is 6.69. The average Bonchev–Trinajstić information content (AvgIpc) is 2.46. The number of nitrogens with zero attached hydrogens (tertiary/aromatic N) is 1. The van der Waals surface area contributed by atoms with Crippen molar-refractivity contribution < 1.29 is 8.78 Å². The molecular weight excluding hydrogens is 258 g/mol. The number of nitrogens with one attached hydrogen (secondary N) is 1. The molecule has 2 atom stereocenters. The van der Waals surface area contributed by atoms with Gasteiger partial charge in [0.15, 0.2) is 0 Å². The minimum atomic E-state index is -2.23. The third kappa shape index (κ3) is 4.96. The molecule has 0 aromatic rings. The van der Waals surface area contributed by atoms with E-state index < -0.39 is 6.43 Å². The topological polar surface area (TPSA) is 15.3 Å². The van der Waals surface area contributed by atoms with E-state index in [9.17, 15) is 8.78 Å². The van der Waals surface area contributed by atoms with E-state index in [1.165, 1.54) is 51.5 Å². The third-order valence-electron chi connectivity index (χ3n) is 4.91. The van der Waals surface area contributed by atoms with Crippen molar-refractivity contribution in [2.24, 2.45) is 5.92 Å². The first-order chi connectivity index (χ1) is 9.69. The van der Waals surface area contributed by atoms with Crippen molar-refractivity contribution in [2.75, 3.05) is 19.6 Å². The summed E-state index contributed by atoms with van der Waals surface area (Å²) in [5.41, 5.74) is 0. The predicted molar refractivity (Wildman–Crippen MR) is 79.3 cm³/mol. The normalized spacial score (nSPS) is 30.0. The summed E-state index contributed by atoms with van der Waals surface area (Å²) in [7, 11) is 0. The minimum Gasteiger partial charge on any atom is -0.307 e. The van der Waals surface area contributed by atoms with E-state index in [1.54, 1.807) is 0 Å². The van der Waals surface area contributed by atoms with Crippen LogP contribution >= 0.6 is 0 Å². The molecule has 2 rings (SSSR count). The second-order valence-corrected chi connectivity index (χ2v) is 6.63. The van der Waals surface area contributed by atoms with Crippen LogP contribution in [0, 0.1) is 5.92 Å². The Labute approximate surface area is 122 Å². The van der Waals surface area contributed by atoms with Crippen molar-refractivity contribution in [3.05, 3.63) is 0 Å². The van der Waals surface area contributed by atoms with Crippen LogP contribution in [0.1, 0.15) is 58.3 Å². The molecule has 1 aliphatic carbocycles. The molecule has 2 fully saturated rings. The van der Waals surface area contributed by atoms with Gasteiger partial charge >= 0.3 is 0 Å². The molecule has 0 amide bonds. The molecule has 0 spiro atoms. The van der Waals surface area contributed by atoms with Gasteiger partial charge in [-0.2, -0.15) is 0 Å². The van der Waals surface area contributed by atoms with Crippen LogP contribution in [0.3, 0.4) is 0 Å². The first kappa shape index (κ1) is 16.2. The van der Waals surface area contributed by atoms with Gasteiger partial charge in [0.25, 0.3) is 6.43 Å². The maximum absolute atomic E-state index is 12.4. The number of halogens is 2. The van der Waals surface area contributed by atoms with E-state index in [4.69, 9.17) is 0 Å². The standard InChI is InChI=1S/C16H30F2N2/c1-2-6-13-9-14(19-10-16(17)18)12-20(11-13)15-7-4-3-5-8-15/h13-16,19H,2-12H2,1H3. The first-order valence-electron chi connectivity index (χ1n) is 8.44. The molecular formula is C16H30F2N2. The van der Waals surface area contributed by atoms with Crippen LogP contribution in [0.5, 0.6) is 0 Å². The highest BCUT2D eigenvalue weighted by atomic mass is 19.3. The Bertz CT molecular complexity index is 267. The maximum Gasteiger partial charge on any atom is 0.250 e. The third-order valence-corrected chi connectivity index (χ3v) is 4.91. The van der Waals surface area contributed by atoms with Gasteiger partial charge in [0.05, 0.1) is 6.54 Å². The number of hydrogen-bond acceptors (Lipinski definition) is 2. The fraction of sp³-hybridized carbons (Fsp3) is 1.00. The van der Waals surface area contributed by atoms with Gasteiger partial charge < -0.3 is 5.32 Å². The zero-order valence-electron chi connectivity index (χ0n) is 12.8. The molecule has 1 heterocycles. The molecule has 20 heavy (non-hydrogen) atoms. The monoisotopic (exact) mass is 288 g/mol. The molecule has 0 radical (unpaired) electrons. The van der Waals surface area contributed by atoms with Crippen molar-refractivity contribution in [1.29, 1.82) is 0 Å². The Hall–Kier alpha value is -0.220. The van der Waals surface area contributed by atoms with E-state index in [2.05, 4.69) is 17.1 Å². The summed E-state index contributed by atoms with van der Waals surface area (Å²) >= 11 is 0. The first-order valence-corrected chi connectivity index (χ1v) is 8.44. The second-order valence-electron chi connectivity index (χ2n) is 6.63. The highest BCUT2D eigenvalue weighted by molar-refractivity contribution is 4.88. The van der Waals surface area contributed by atoms with Gasteiger partial charge in [0, 0.05) is 25.2 Å². The van der Waals surface area contributed by atoms with E-state index in [0.29, 0.717) is 12.0 Å². The highest BCUT2D eigenvalue weighted by Crippen LogP contribution is 2.29. The number of piperidine rings is 1. The summed E-state index contributed by atoms with van der Waals surface area (Å²) < 4.78 is 24.8. The van der Waals surface area contributed by atoms with Crippen LogP contribution in [-0.4, -0.2) is 43.0 Å². The van der Waals surface area contributed by atoms with E-state index >= 15 is 0 Å². The summed E-state index contributed by atoms with van der Waals surface area (Å²) in [6.45, 7) is 4.23. The van der Waals surface area contributed by atoms with Crippen molar-refractivity contribution in [1.82, 2.24) is 10.2 Å². The largest absolute Gasteiger partial charge is 0.307 e. The Morgan fingerprint density at radius 1 is 1.15 bits per heavy atom. The van der Waals surface area contributed by atoms with Crippen LogP contribution in [0.4, 0.5) is 8.78 Å². The lowest BCUT2D eigenvalue weighted by Crippen LogP contribution is -2.53. The van der Waals surface area contributed by atoms with Gasteiger partial charge in [-0.3, -0.25) is 4.90 Å². The zero-order chi connectivity index (χ0) is 14.4. The van der Waals surface area contributed by atoms with Crippen LogP contribution in [0.15, 0.2) is 0 Å². The molecule has 1 N–H and O–H groups in total. The lowest BCUT2D eigenvalue weighted by molar-refractivity contribution is 0.0655. The number of alkyl halides is 2. The molecule has 0 aromatic carbocycles. The quantitative estimate of drug-likeness (QED) is 0.802. The predicted octanol–water partition coefficient (Wildman–Crippen LogP) is 3.66. The summed E-state index contributed by atoms with van der Waals surface area (Å²) in [6, 6.07) is 0.968. The van der Waals surface area contributed by atoms with Crippen LogP contribution in [0.2, 0.25) is 0 Å². The lowest BCUT2D eigenvalue weighted by Gasteiger charge is -2.43. The van der Waals surface area contributed by atoms with Gasteiger partial charge in [-0.25, -0.2) is 8.78 Å². The number of hydrogen-bond donors (Lipinski definition) is 1. The van der Waals surface area contributed by atoms with Crippen LogP contribution in [-0.2, 0) is 0 Å². The van der Waals surface area contributed by atoms with Crippen molar-refractivity contribution in [2.45, 2.75) is 76.8 Å². The van der Waals surface area contributed by atoms with E-state index in [1.807, 2.05) is 0 Å². The lowest BCUT2D eigenvalue weighted by atomic mass is 9.86. The Balaban J connectivity index is 1.88. The molecule has 4 heteroatoms. The number of rotatable bonds is 6. The summed E-state index contributed by atoms with van der Waals surface area (Å²) in [5.74, 6) is 0.686. The SMILES string of the molecule is CCCC1CC(NCC(F)F)CN(C2CCCCC2)C1. The Morgan fingerprint density at radius 2 is 1.90 bits per heavy atom. The molecule has 1 aliphatic heterocycles. The van der Waals surface area contributed by atoms with Crippen molar-refractivity contribution >= 4 is 0 Å². The molecule has 118 valence electrons. The van der Waals surface area contributed by atoms with E-state index in [0.717, 1.165) is 13.0 Å². The molecule has 1 saturated carbocycles. The van der Waals surface area contributed by atoms with Crippen molar-refractivity contribution in [3.63, 3.8) is 0 Å². The number of likely N-dealkylation sites (tertiary alicyclic amines) is 1. The molecule has 2 unspecified atom stereocenters. The van der Waals surface area contributed by atoms with Gasteiger partial charge in [-0.15, -0.1) is 0 Å². The summed E-state index contributed by atoms with van der Waals surface area (Å²) in [6.07, 6.45) is 7.94. The summed E-state index contributed by atoms with van der Waals surface area (Å²) in [4.78, 5) is 2.60. The van der Waals surface area contributed by atoms with Crippen LogP contribution in [0.25, 0.3) is 0 Å². The van der Waals surface area contributed by atoms with Gasteiger partial charge in [0.2, 0.25) is 0 Å². The molecule has 1 saturated heterocycles. The molecule has 2 aliphatic rings.